The molecule has 88 valence electrons. The van der Waals surface area contributed by atoms with Crippen molar-refractivity contribution in [3.63, 3.8) is 0 Å². The van der Waals surface area contributed by atoms with E-state index in [0.717, 1.165) is 12.8 Å². The SMILES string of the molecule is CC1(C)CCCC(C)(C)N1CC(=O)ON. The van der Waals surface area contributed by atoms with Crippen molar-refractivity contribution in [3.05, 3.63) is 0 Å². The lowest BCUT2D eigenvalue weighted by molar-refractivity contribution is -0.151. The maximum Gasteiger partial charge on any atom is 0.338 e. The summed E-state index contributed by atoms with van der Waals surface area (Å²) in [6.07, 6.45) is 3.41. The van der Waals surface area contributed by atoms with Crippen LogP contribution in [0, 0.1) is 0 Å². The summed E-state index contributed by atoms with van der Waals surface area (Å²) in [7, 11) is 0. The summed E-state index contributed by atoms with van der Waals surface area (Å²) in [5, 5.41) is 0. The number of likely N-dealkylation sites (tertiary alicyclic amines) is 1. The van der Waals surface area contributed by atoms with Crippen molar-refractivity contribution in [3.8, 4) is 0 Å². The lowest BCUT2D eigenvalue weighted by atomic mass is 9.80. The molecule has 0 atom stereocenters. The van der Waals surface area contributed by atoms with Gasteiger partial charge in [-0.05, 0) is 47.0 Å². The number of hydrogen-bond acceptors (Lipinski definition) is 4. The summed E-state index contributed by atoms with van der Waals surface area (Å²) in [6.45, 7) is 8.93. The van der Waals surface area contributed by atoms with E-state index < -0.39 is 0 Å². The maximum atomic E-state index is 11.3. The fraction of sp³-hybridized carbons (Fsp3) is 0.909. The zero-order valence-corrected chi connectivity index (χ0v) is 10.2. The Balaban J connectivity index is 2.81. The van der Waals surface area contributed by atoms with Gasteiger partial charge in [0.25, 0.3) is 0 Å². The predicted molar refractivity (Wildman–Crippen MR) is 59.0 cm³/mol. The van der Waals surface area contributed by atoms with Gasteiger partial charge in [-0.25, -0.2) is 4.79 Å². The lowest BCUT2D eigenvalue weighted by Crippen LogP contribution is -2.60. The van der Waals surface area contributed by atoms with Gasteiger partial charge in [-0.2, -0.15) is 5.90 Å². The fourth-order valence-corrected chi connectivity index (χ4v) is 2.64. The quantitative estimate of drug-likeness (QED) is 0.707. The van der Waals surface area contributed by atoms with Gasteiger partial charge in [0.05, 0.1) is 6.54 Å². The highest BCUT2D eigenvalue weighted by Gasteiger charge is 2.42. The van der Waals surface area contributed by atoms with Gasteiger partial charge >= 0.3 is 5.97 Å². The monoisotopic (exact) mass is 214 g/mol. The number of rotatable bonds is 2. The Kier molecular flexibility index (Phi) is 3.41. The van der Waals surface area contributed by atoms with Crippen LogP contribution < -0.4 is 5.90 Å². The largest absolute Gasteiger partial charge is 0.372 e. The molecule has 1 saturated heterocycles. The summed E-state index contributed by atoms with van der Waals surface area (Å²) in [5.74, 6) is 4.53. The third-order valence-electron chi connectivity index (χ3n) is 3.46. The number of hydrogen-bond donors (Lipinski definition) is 1. The molecule has 0 saturated carbocycles. The van der Waals surface area contributed by atoms with Crippen LogP contribution in [0.5, 0.6) is 0 Å². The topological polar surface area (TPSA) is 55.6 Å². The molecule has 4 nitrogen and oxygen atoms in total. The Bertz CT molecular complexity index is 233. The Morgan fingerprint density at radius 1 is 1.27 bits per heavy atom. The molecule has 0 spiro atoms. The molecular formula is C11H22N2O2. The Morgan fingerprint density at radius 2 is 1.73 bits per heavy atom. The number of piperidine rings is 1. The molecule has 15 heavy (non-hydrogen) atoms. The van der Waals surface area contributed by atoms with E-state index in [4.69, 9.17) is 5.90 Å². The van der Waals surface area contributed by atoms with Gasteiger partial charge in [-0.1, -0.05) is 0 Å². The third kappa shape index (κ3) is 2.69. The Morgan fingerprint density at radius 3 is 2.13 bits per heavy atom. The first-order valence-electron chi connectivity index (χ1n) is 5.47. The van der Waals surface area contributed by atoms with E-state index in [1.807, 2.05) is 0 Å². The van der Waals surface area contributed by atoms with Gasteiger partial charge in [-0.3, -0.25) is 4.90 Å². The highest BCUT2D eigenvalue weighted by molar-refractivity contribution is 5.71. The first-order valence-corrected chi connectivity index (χ1v) is 5.47. The van der Waals surface area contributed by atoms with Crippen molar-refractivity contribution >= 4 is 5.97 Å². The zero-order valence-electron chi connectivity index (χ0n) is 10.2. The van der Waals surface area contributed by atoms with Crippen LogP contribution in [0.4, 0.5) is 0 Å². The molecule has 0 unspecified atom stereocenters. The molecule has 0 amide bonds. The molecule has 1 aliphatic rings. The van der Waals surface area contributed by atoms with Gasteiger partial charge in [0.15, 0.2) is 0 Å². The van der Waals surface area contributed by atoms with E-state index in [2.05, 4.69) is 37.4 Å². The second-order valence-corrected chi connectivity index (χ2v) is 5.55. The molecule has 0 radical (unpaired) electrons. The minimum atomic E-state index is -0.363. The van der Waals surface area contributed by atoms with Gasteiger partial charge < -0.3 is 4.84 Å². The van der Waals surface area contributed by atoms with E-state index in [0.29, 0.717) is 0 Å². The molecular weight excluding hydrogens is 192 g/mol. The second kappa shape index (κ2) is 4.10. The standard InChI is InChI=1S/C11H22N2O2/c1-10(2)6-5-7-11(3,4)13(10)8-9(14)15-12/h5-8,12H2,1-4H3. The van der Waals surface area contributed by atoms with Crippen molar-refractivity contribution in [2.45, 2.75) is 58.0 Å². The van der Waals surface area contributed by atoms with Crippen molar-refractivity contribution in [2.75, 3.05) is 6.54 Å². The van der Waals surface area contributed by atoms with Crippen molar-refractivity contribution < 1.29 is 9.63 Å². The highest BCUT2D eigenvalue weighted by Crippen LogP contribution is 2.37. The normalized spacial score (nSPS) is 24.9. The first kappa shape index (κ1) is 12.5. The van der Waals surface area contributed by atoms with Crippen LogP contribution in [0.1, 0.15) is 47.0 Å². The lowest BCUT2D eigenvalue weighted by Gasteiger charge is -2.52. The van der Waals surface area contributed by atoms with Crippen LogP contribution >= 0.6 is 0 Å². The van der Waals surface area contributed by atoms with Crippen molar-refractivity contribution in [2.24, 2.45) is 5.90 Å². The van der Waals surface area contributed by atoms with E-state index >= 15 is 0 Å². The third-order valence-corrected chi connectivity index (χ3v) is 3.46. The maximum absolute atomic E-state index is 11.3. The van der Waals surface area contributed by atoms with Crippen LogP contribution in [0.2, 0.25) is 0 Å². The second-order valence-electron chi connectivity index (χ2n) is 5.55. The molecule has 1 fully saturated rings. The smallest absolute Gasteiger partial charge is 0.338 e. The van der Waals surface area contributed by atoms with E-state index in [1.54, 1.807) is 0 Å². The van der Waals surface area contributed by atoms with Gasteiger partial charge in [0, 0.05) is 11.1 Å². The molecule has 1 aliphatic heterocycles. The Hall–Kier alpha value is -0.610. The molecule has 0 bridgehead atoms. The van der Waals surface area contributed by atoms with Crippen molar-refractivity contribution in [1.29, 1.82) is 0 Å². The number of carbonyl (C=O) groups is 1. The molecule has 1 heterocycles. The average Bonchev–Trinajstić information content (AvgIpc) is 2.10. The summed E-state index contributed by atoms with van der Waals surface area (Å²) in [4.78, 5) is 17.7. The minimum absolute atomic E-state index is 0.0376. The predicted octanol–water partition coefficient (Wildman–Crippen LogP) is 1.45. The van der Waals surface area contributed by atoms with Crippen LogP contribution in [-0.4, -0.2) is 28.5 Å². The van der Waals surface area contributed by atoms with Crippen LogP contribution in [0.25, 0.3) is 0 Å². The summed E-state index contributed by atoms with van der Waals surface area (Å²) < 4.78 is 0. The van der Waals surface area contributed by atoms with Gasteiger partial charge in [0.1, 0.15) is 0 Å². The van der Waals surface area contributed by atoms with E-state index in [9.17, 15) is 4.79 Å². The van der Waals surface area contributed by atoms with E-state index in [-0.39, 0.29) is 23.6 Å². The van der Waals surface area contributed by atoms with Crippen LogP contribution in [-0.2, 0) is 9.63 Å². The number of carbonyl (C=O) groups excluding carboxylic acids is 1. The molecule has 0 aromatic carbocycles. The number of nitrogens with zero attached hydrogens (tertiary/aromatic N) is 1. The minimum Gasteiger partial charge on any atom is -0.372 e. The van der Waals surface area contributed by atoms with Gasteiger partial charge in [-0.15, -0.1) is 0 Å². The number of nitrogens with two attached hydrogens (primary N) is 1. The summed E-state index contributed by atoms with van der Waals surface area (Å²) >= 11 is 0. The van der Waals surface area contributed by atoms with Gasteiger partial charge in [0.2, 0.25) is 0 Å². The first-order chi connectivity index (χ1) is 6.79. The summed E-state index contributed by atoms with van der Waals surface area (Å²) in [5.41, 5.74) is 0.0753. The zero-order chi connectivity index (χ0) is 11.7. The average molecular weight is 214 g/mol. The Labute approximate surface area is 91.7 Å². The van der Waals surface area contributed by atoms with Crippen molar-refractivity contribution in [1.82, 2.24) is 4.90 Å². The summed E-state index contributed by atoms with van der Waals surface area (Å²) in [6, 6.07) is 0. The fourth-order valence-electron chi connectivity index (χ4n) is 2.64. The molecule has 1 rings (SSSR count). The molecule has 0 aliphatic carbocycles. The van der Waals surface area contributed by atoms with E-state index in [1.165, 1.54) is 6.42 Å². The van der Waals surface area contributed by atoms with Crippen LogP contribution in [0.3, 0.4) is 0 Å². The van der Waals surface area contributed by atoms with Crippen LogP contribution in [0.15, 0.2) is 0 Å². The molecule has 0 aromatic rings. The molecule has 2 N–H and O–H groups in total. The molecule has 4 heteroatoms. The molecule has 0 aromatic heterocycles. The highest BCUT2D eigenvalue weighted by atomic mass is 16.7.